The molecule has 0 saturated heterocycles. The summed E-state index contributed by atoms with van der Waals surface area (Å²) in [5, 5.41) is 3.35. The van der Waals surface area contributed by atoms with E-state index in [1.54, 1.807) is 0 Å². The van der Waals surface area contributed by atoms with E-state index in [2.05, 4.69) is 33.2 Å². The molecule has 3 nitrogen and oxygen atoms in total. The van der Waals surface area contributed by atoms with Crippen LogP contribution in [0, 0.1) is 0 Å². The molecule has 1 aromatic heterocycles. The van der Waals surface area contributed by atoms with Gasteiger partial charge in [-0.05, 0) is 41.9 Å². The SMILES string of the molecule is CCOCC(C)NCc1cccc(Br)n1. The third kappa shape index (κ3) is 5.25. The quantitative estimate of drug-likeness (QED) is 0.808. The fourth-order valence-electron chi connectivity index (χ4n) is 1.18. The molecule has 0 bridgehead atoms. The molecule has 1 heterocycles. The molecule has 0 aromatic carbocycles. The second-order valence-electron chi connectivity index (χ2n) is 3.39. The predicted octanol–water partition coefficient (Wildman–Crippen LogP) is 2.36. The number of rotatable bonds is 6. The number of nitrogens with zero attached hydrogens (tertiary/aromatic N) is 1. The molecule has 4 heteroatoms. The molecule has 1 atom stereocenters. The van der Waals surface area contributed by atoms with Crippen molar-refractivity contribution in [3.05, 3.63) is 28.5 Å². The number of pyridine rings is 1. The topological polar surface area (TPSA) is 34.1 Å². The number of aromatic nitrogens is 1. The maximum atomic E-state index is 5.32. The van der Waals surface area contributed by atoms with Crippen LogP contribution in [0.3, 0.4) is 0 Å². The minimum atomic E-state index is 0.353. The molecule has 0 aliphatic carbocycles. The van der Waals surface area contributed by atoms with E-state index < -0.39 is 0 Å². The van der Waals surface area contributed by atoms with Crippen molar-refractivity contribution in [2.75, 3.05) is 13.2 Å². The van der Waals surface area contributed by atoms with E-state index in [4.69, 9.17) is 4.74 Å². The Hall–Kier alpha value is -0.450. The lowest BCUT2D eigenvalue weighted by Crippen LogP contribution is -2.30. The lowest BCUT2D eigenvalue weighted by molar-refractivity contribution is 0.127. The average molecular weight is 273 g/mol. The number of nitrogens with one attached hydrogen (secondary N) is 1. The van der Waals surface area contributed by atoms with Crippen molar-refractivity contribution in [3.63, 3.8) is 0 Å². The Morgan fingerprint density at radius 3 is 3.00 bits per heavy atom. The summed E-state index contributed by atoms with van der Waals surface area (Å²) in [6.45, 7) is 6.38. The maximum absolute atomic E-state index is 5.32. The Bertz CT molecular complexity index is 294. The van der Waals surface area contributed by atoms with Gasteiger partial charge in [-0.1, -0.05) is 6.07 Å². The zero-order chi connectivity index (χ0) is 11.1. The minimum absolute atomic E-state index is 0.353. The molecule has 0 fully saturated rings. The van der Waals surface area contributed by atoms with E-state index >= 15 is 0 Å². The van der Waals surface area contributed by atoms with Gasteiger partial charge in [0.25, 0.3) is 0 Å². The molecule has 1 rings (SSSR count). The van der Waals surface area contributed by atoms with Crippen LogP contribution >= 0.6 is 15.9 Å². The Balaban J connectivity index is 2.30. The molecule has 0 saturated carbocycles. The third-order valence-electron chi connectivity index (χ3n) is 1.98. The van der Waals surface area contributed by atoms with Crippen molar-refractivity contribution in [1.82, 2.24) is 10.3 Å². The first kappa shape index (κ1) is 12.6. The third-order valence-corrected chi connectivity index (χ3v) is 2.42. The zero-order valence-electron chi connectivity index (χ0n) is 9.16. The number of hydrogen-bond acceptors (Lipinski definition) is 3. The van der Waals surface area contributed by atoms with E-state index in [1.807, 2.05) is 25.1 Å². The summed E-state index contributed by atoms with van der Waals surface area (Å²) < 4.78 is 6.19. The van der Waals surface area contributed by atoms with Crippen molar-refractivity contribution >= 4 is 15.9 Å². The predicted molar refractivity (Wildman–Crippen MR) is 64.7 cm³/mol. The highest BCUT2D eigenvalue weighted by Crippen LogP contribution is 2.06. The first-order chi connectivity index (χ1) is 7.22. The normalized spacial score (nSPS) is 12.7. The van der Waals surface area contributed by atoms with Crippen LogP contribution < -0.4 is 5.32 Å². The molecule has 1 N–H and O–H groups in total. The van der Waals surface area contributed by atoms with Gasteiger partial charge in [-0.3, -0.25) is 0 Å². The molecule has 15 heavy (non-hydrogen) atoms. The van der Waals surface area contributed by atoms with Gasteiger partial charge in [0.15, 0.2) is 0 Å². The molecule has 1 aromatic rings. The Morgan fingerprint density at radius 2 is 2.33 bits per heavy atom. The van der Waals surface area contributed by atoms with Crippen LogP contribution in [0.5, 0.6) is 0 Å². The summed E-state index contributed by atoms with van der Waals surface area (Å²) in [6, 6.07) is 6.27. The van der Waals surface area contributed by atoms with Crippen LogP contribution in [0.25, 0.3) is 0 Å². The average Bonchev–Trinajstić information content (AvgIpc) is 2.23. The van der Waals surface area contributed by atoms with Crippen molar-refractivity contribution in [2.45, 2.75) is 26.4 Å². The number of hydrogen-bond donors (Lipinski definition) is 1. The van der Waals surface area contributed by atoms with Crippen LogP contribution in [-0.2, 0) is 11.3 Å². The molecular formula is C11H17BrN2O. The molecule has 0 aliphatic rings. The molecule has 0 spiro atoms. The van der Waals surface area contributed by atoms with E-state index in [1.165, 1.54) is 0 Å². The van der Waals surface area contributed by atoms with Crippen LogP contribution in [0.1, 0.15) is 19.5 Å². The number of ether oxygens (including phenoxy) is 1. The van der Waals surface area contributed by atoms with Crippen molar-refractivity contribution in [1.29, 1.82) is 0 Å². The molecule has 1 unspecified atom stereocenters. The lowest BCUT2D eigenvalue weighted by atomic mass is 10.3. The highest BCUT2D eigenvalue weighted by Gasteiger charge is 2.01. The monoisotopic (exact) mass is 272 g/mol. The largest absolute Gasteiger partial charge is 0.380 e. The van der Waals surface area contributed by atoms with Gasteiger partial charge in [-0.2, -0.15) is 0 Å². The maximum Gasteiger partial charge on any atom is 0.106 e. The van der Waals surface area contributed by atoms with E-state index in [-0.39, 0.29) is 0 Å². The summed E-state index contributed by atoms with van der Waals surface area (Å²) in [6.07, 6.45) is 0. The molecule has 0 radical (unpaired) electrons. The van der Waals surface area contributed by atoms with Gasteiger partial charge in [0, 0.05) is 19.2 Å². The highest BCUT2D eigenvalue weighted by atomic mass is 79.9. The first-order valence-electron chi connectivity index (χ1n) is 5.15. The standard InChI is InChI=1S/C11H17BrN2O/c1-3-15-8-9(2)13-7-10-5-4-6-11(12)14-10/h4-6,9,13H,3,7-8H2,1-2H3. The number of halogens is 1. The van der Waals surface area contributed by atoms with Gasteiger partial charge in [-0.25, -0.2) is 4.98 Å². The Morgan fingerprint density at radius 1 is 1.53 bits per heavy atom. The molecule has 84 valence electrons. The van der Waals surface area contributed by atoms with Gasteiger partial charge >= 0.3 is 0 Å². The van der Waals surface area contributed by atoms with Crippen molar-refractivity contribution in [2.24, 2.45) is 0 Å². The van der Waals surface area contributed by atoms with Gasteiger partial charge in [0.2, 0.25) is 0 Å². The molecule has 0 amide bonds. The fourth-order valence-corrected chi connectivity index (χ4v) is 1.56. The van der Waals surface area contributed by atoms with Crippen LogP contribution in [0.15, 0.2) is 22.8 Å². The van der Waals surface area contributed by atoms with E-state index in [9.17, 15) is 0 Å². The van der Waals surface area contributed by atoms with Gasteiger partial charge < -0.3 is 10.1 Å². The van der Waals surface area contributed by atoms with Crippen molar-refractivity contribution in [3.8, 4) is 0 Å². The van der Waals surface area contributed by atoms with Crippen LogP contribution in [0.2, 0.25) is 0 Å². The minimum Gasteiger partial charge on any atom is -0.380 e. The summed E-state index contributed by atoms with van der Waals surface area (Å²) in [5.74, 6) is 0. The van der Waals surface area contributed by atoms with Crippen molar-refractivity contribution < 1.29 is 4.74 Å². The second kappa shape index (κ2) is 6.93. The summed E-state index contributed by atoms with van der Waals surface area (Å²) in [7, 11) is 0. The highest BCUT2D eigenvalue weighted by molar-refractivity contribution is 9.10. The zero-order valence-corrected chi connectivity index (χ0v) is 10.8. The second-order valence-corrected chi connectivity index (χ2v) is 4.21. The molecule has 0 aliphatic heterocycles. The first-order valence-corrected chi connectivity index (χ1v) is 5.94. The Kier molecular flexibility index (Phi) is 5.83. The van der Waals surface area contributed by atoms with E-state index in [0.717, 1.165) is 30.1 Å². The summed E-state index contributed by atoms with van der Waals surface area (Å²) >= 11 is 3.35. The van der Waals surface area contributed by atoms with Gasteiger partial charge in [0.1, 0.15) is 4.60 Å². The van der Waals surface area contributed by atoms with Gasteiger partial charge in [0.05, 0.1) is 12.3 Å². The van der Waals surface area contributed by atoms with Crippen LogP contribution in [-0.4, -0.2) is 24.2 Å². The molecular weight excluding hydrogens is 256 g/mol. The smallest absolute Gasteiger partial charge is 0.106 e. The summed E-state index contributed by atoms with van der Waals surface area (Å²) in [4.78, 5) is 4.34. The summed E-state index contributed by atoms with van der Waals surface area (Å²) in [5.41, 5.74) is 1.03. The fraction of sp³-hybridized carbons (Fsp3) is 0.545. The van der Waals surface area contributed by atoms with Crippen LogP contribution in [0.4, 0.5) is 0 Å². The Labute approximate surface area is 99.4 Å². The van der Waals surface area contributed by atoms with E-state index in [0.29, 0.717) is 6.04 Å². The lowest BCUT2D eigenvalue weighted by Gasteiger charge is -2.13. The van der Waals surface area contributed by atoms with Gasteiger partial charge in [-0.15, -0.1) is 0 Å².